The number of nitrogens with zero attached hydrogens (tertiary/aromatic N) is 1. The molecule has 0 amide bonds. The van der Waals surface area contributed by atoms with E-state index >= 15 is 0 Å². The van der Waals surface area contributed by atoms with Crippen LogP contribution in [-0.2, 0) is 0 Å². The van der Waals surface area contributed by atoms with E-state index in [0.717, 1.165) is 18.9 Å². The highest BCUT2D eigenvalue weighted by molar-refractivity contribution is 4.98. The Bertz CT molecular complexity index is 149. The minimum absolute atomic E-state index is 0.766. The Morgan fingerprint density at radius 3 is 2.09 bits per heavy atom. The van der Waals surface area contributed by atoms with Gasteiger partial charge in [0.1, 0.15) is 0 Å². The van der Waals surface area contributed by atoms with Crippen molar-refractivity contribution in [3.05, 3.63) is 37.2 Å². The van der Waals surface area contributed by atoms with E-state index in [1.54, 1.807) is 0 Å². The summed E-state index contributed by atoms with van der Waals surface area (Å²) in [6.45, 7) is 10.7. The summed E-state index contributed by atoms with van der Waals surface area (Å²) in [4.78, 5) is 1.99. The van der Waals surface area contributed by atoms with Gasteiger partial charge in [0, 0.05) is 13.1 Å². The summed E-state index contributed by atoms with van der Waals surface area (Å²) >= 11 is 0. The second-order valence-electron chi connectivity index (χ2n) is 2.20. The lowest BCUT2D eigenvalue weighted by Gasteiger charge is -2.20. The molecular weight excluding hydrogens is 136 g/mol. The summed E-state index contributed by atoms with van der Waals surface area (Å²) in [5.74, 6) is 0.768. The molecule has 0 aromatic heterocycles. The molecule has 0 rings (SSSR count). The summed E-state index contributed by atoms with van der Waals surface area (Å²) in [7, 11) is 0. The van der Waals surface area contributed by atoms with Gasteiger partial charge in [-0.05, 0) is 13.0 Å². The van der Waals surface area contributed by atoms with Crippen LogP contribution < -0.4 is 5.73 Å². The van der Waals surface area contributed by atoms with Crippen molar-refractivity contribution >= 4 is 0 Å². The Morgan fingerprint density at radius 2 is 1.82 bits per heavy atom. The average molecular weight is 152 g/mol. The molecule has 0 heterocycles. The Hall–Kier alpha value is -1.18. The van der Waals surface area contributed by atoms with Crippen LogP contribution in [0.4, 0.5) is 0 Å². The van der Waals surface area contributed by atoms with Crippen LogP contribution in [0.5, 0.6) is 0 Å². The van der Waals surface area contributed by atoms with Gasteiger partial charge < -0.3 is 10.6 Å². The van der Waals surface area contributed by atoms with Crippen molar-refractivity contribution in [1.29, 1.82) is 0 Å². The van der Waals surface area contributed by atoms with Gasteiger partial charge in [0.2, 0.25) is 0 Å². The smallest absolute Gasteiger partial charge is 0.0948 e. The summed E-state index contributed by atoms with van der Waals surface area (Å²) < 4.78 is 0. The van der Waals surface area contributed by atoms with Gasteiger partial charge >= 0.3 is 0 Å². The van der Waals surface area contributed by atoms with Crippen molar-refractivity contribution in [2.75, 3.05) is 13.1 Å². The van der Waals surface area contributed by atoms with Crippen LogP contribution >= 0.6 is 0 Å². The number of nitrogens with two attached hydrogens (primary N) is 1. The molecule has 2 N–H and O–H groups in total. The topological polar surface area (TPSA) is 29.3 Å². The third kappa shape index (κ3) is 3.50. The zero-order chi connectivity index (χ0) is 8.69. The van der Waals surface area contributed by atoms with Crippen LogP contribution in [0.3, 0.4) is 0 Å². The van der Waals surface area contributed by atoms with Crippen molar-refractivity contribution in [2.45, 2.75) is 6.92 Å². The summed E-state index contributed by atoms with van der Waals surface area (Å²) in [5.41, 5.74) is 5.68. The van der Waals surface area contributed by atoms with Gasteiger partial charge in [0.05, 0.1) is 5.82 Å². The highest BCUT2D eigenvalue weighted by Crippen LogP contribution is 1.96. The lowest BCUT2D eigenvalue weighted by Crippen LogP contribution is -2.27. The highest BCUT2D eigenvalue weighted by atomic mass is 15.2. The number of rotatable bonds is 5. The molecule has 0 aromatic rings. The molecule has 2 heteroatoms. The van der Waals surface area contributed by atoms with Crippen molar-refractivity contribution < 1.29 is 0 Å². The summed E-state index contributed by atoms with van der Waals surface area (Å²) in [6.07, 6.45) is 5.51. The van der Waals surface area contributed by atoms with E-state index in [0.29, 0.717) is 0 Å². The van der Waals surface area contributed by atoms with Gasteiger partial charge in [0.25, 0.3) is 0 Å². The van der Waals surface area contributed by atoms with E-state index in [2.05, 4.69) is 13.2 Å². The summed E-state index contributed by atoms with van der Waals surface area (Å²) in [5, 5.41) is 0. The van der Waals surface area contributed by atoms with Crippen LogP contribution in [0.25, 0.3) is 0 Å². The molecule has 0 aliphatic rings. The molecule has 0 aliphatic carbocycles. The lowest BCUT2D eigenvalue weighted by molar-refractivity contribution is 0.416. The third-order valence-electron chi connectivity index (χ3n) is 1.36. The van der Waals surface area contributed by atoms with Gasteiger partial charge in [-0.25, -0.2) is 0 Å². The fourth-order valence-corrected chi connectivity index (χ4v) is 0.780. The predicted molar refractivity (Wildman–Crippen MR) is 49.9 cm³/mol. The van der Waals surface area contributed by atoms with Crippen LogP contribution in [0, 0.1) is 0 Å². The summed E-state index contributed by atoms with van der Waals surface area (Å²) in [6, 6.07) is 0. The molecule has 0 saturated heterocycles. The van der Waals surface area contributed by atoms with E-state index in [4.69, 9.17) is 5.73 Å². The first-order valence-corrected chi connectivity index (χ1v) is 3.64. The van der Waals surface area contributed by atoms with Crippen molar-refractivity contribution in [3.63, 3.8) is 0 Å². The van der Waals surface area contributed by atoms with Crippen LogP contribution in [0.1, 0.15) is 6.92 Å². The largest absolute Gasteiger partial charge is 0.386 e. The van der Waals surface area contributed by atoms with Gasteiger partial charge in [-0.2, -0.15) is 0 Å². The first-order valence-electron chi connectivity index (χ1n) is 3.64. The fraction of sp³-hybridized carbons (Fsp3) is 0.333. The van der Waals surface area contributed by atoms with Crippen LogP contribution in [0.15, 0.2) is 37.2 Å². The molecule has 62 valence electrons. The number of hydrogen-bond donors (Lipinski definition) is 1. The molecule has 0 aliphatic heterocycles. The monoisotopic (exact) mass is 152 g/mol. The van der Waals surface area contributed by atoms with Gasteiger partial charge in [-0.15, -0.1) is 13.2 Å². The minimum Gasteiger partial charge on any atom is -0.386 e. The first kappa shape index (κ1) is 9.82. The maximum atomic E-state index is 5.68. The normalized spacial score (nSPS) is 10.8. The average Bonchev–Trinajstić information content (AvgIpc) is 2.03. The molecule has 2 nitrogen and oxygen atoms in total. The Morgan fingerprint density at radius 1 is 1.36 bits per heavy atom. The van der Waals surface area contributed by atoms with Crippen molar-refractivity contribution in [1.82, 2.24) is 4.90 Å². The maximum Gasteiger partial charge on any atom is 0.0948 e. The van der Waals surface area contributed by atoms with E-state index < -0.39 is 0 Å². The van der Waals surface area contributed by atoms with Gasteiger partial charge in [-0.3, -0.25) is 0 Å². The standard InChI is InChI=1S/C9H16N2/c1-4-7-11(8-5-2)9(10)6-3/h4-6H,1-2,7-8,10H2,3H3. The first-order chi connectivity index (χ1) is 5.26. The third-order valence-corrected chi connectivity index (χ3v) is 1.36. The Kier molecular flexibility index (Phi) is 4.99. The molecular formula is C9H16N2. The zero-order valence-electron chi connectivity index (χ0n) is 7.09. The minimum atomic E-state index is 0.766. The van der Waals surface area contributed by atoms with Gasteiger partial charge in [-0.1, -0.05) is 12.2 Å². The molecule has 0 bridgehead atoms. The second-order valence-corrected chi connectivity index (χ2v) is 2.20. The lowest BCUT2D eigenvalue weighted by atomic mass is 10.4. The molecule has 0 radical (unpaired) electrons. The molecule has 0 spiro atoms. The highest BCUT2D eigenvalue weighted by Gasteiger charge is 1.98. The van der Waals surface area contributed by atoms with Gasteiger partial charge in [0.15, 0.2) is 0 Å². The van der Waals surface area contributed by atoms with E-state index in [9.17, 15) is 0 Å². The molecule has 0 unspecified atom stereocenters. The van der Waals surface area contributed by atoms with Crippen LogP contribution in [-0.4, -0.2) is 18.0 Å². The number of hydrogen-bond acceptors (Lipinski definition) is 2. The Balaban J connectivity index is 4.07. The quantitative estimate of drug-likeness (QED) is 0.605. The van der Waals surface area contributed by atoms with E-state index in [-0.39, 0.29) is 0 Å². The fourth-order valence-electron chi connectivity index (χ4n) is 0.780. The molecule has 0 aromatic carbocycles. The molecule has 0 atom stereocenters. The molecule has 11 heavy (non-hydrogen) atoms. The Labute approximate surface area is 68.7 Å². The van der Waals surface area contributed by atoms with Crippen LogP contribution in [0.2, 0.25) is 0 Å². The molecule has 0 saturated carbocycles. The predicted octanol–water partition coefficient (Wildman–Crippen LogP) is 1.48. The van der Waals surface area contributed by atoms with Crippen molar-refractivity contribution in [3.8, 4) is 0 Å². The molecule has 0 fully saturated rings. The second kappa shape index (κ2) is 5.59. The van der Waals surface area contributed by atoms with E-state index in [1.807, 2.05) is 30.1 Å². The SMILES string of the molecule is C=CCN(CC=C)C(N)=CC. The zero-order valence-corrected chi connectivity index (χ0v) is 7.09. The number of allylic oxidation sites excluding steroid dienone is 1. The van der Waals surface area contributed by atoms with E-state index in [1.165, 1.54) is 0 Å². The maximum absolute atomic E-state index is 5.68. The van der Waals surface area contributed by atoms with Crippen molar-refractivity contribution in [2.24, 2.45) is 5.73 Å².